The summed E-state index contributed by atoms with van der Waals surface area (Å²) >= 11 is 1.24. The lowest BCUT2D eigenvalue weighted by molar-refractivity contribution is -0.113. The molecular weight excluding hydrogens is 605 g/mol. The number of hydrogen-bond donors (Lipinski definition) is 1. The molecular formula is C36H30FN3O5S. The summed E-state index contributed by atoms with van der Waals surface area (Å²) < 4.78 is 32.4. The maximum atomic E-state index is 14.1. The van der Waals surface area contributed by atoms with Crippen LogP contribution in [0.25, 0.3) is 6.08 Å². The normalized spacial score (nSPS) is 14.3. The molecule has 6 rings (SSSR count). The fraction of sp³-hybridized carbons (Fsp3) is 0.139. The van der Waals surface area contributed by atoms with Gasteiger partial charge in [0.2, 0.25) is 0 Å². The first-order chi connectivity index (χ1) is 22.3. The highest BCUT2D eigenvalue weighted by Crippen LogP contribution is 2.37. The summed E-state index contributed by atoms with van der Waals surface area (Å²) in [4.78, 5) is 33.1. The van der Waals surface area contributed by atoms with Crippen LogP contribution in [-0.2, 0) is 11.4 Å². The van der Waals surface area contributed by atoms with Crippen LogP contribution in [-0.4, -0.2) is 24.7 Å². The van der Waals surface area contributed by atoms with Crippen molar-refractivity contribution in [3.8, 4) is 17.2 Å². The fourth-order valence-corrected chi connectivity index (χ4v) is 6.32. The zero-order valence-electron chi connectivity index (χ0n) is 25.3. The smallest absolute Gasteiger partial charge is 0.271 e. The van der Waals surface area contributed by atoms with E-state index in [9.17, 15) is 14.0 Å². The van der Waals surface area contributed by atoms with Crippen LogP contribution in [0, 0.1) is 5.82 Å². The zero-order valence-corrected chi connectivity index (χ0v) is 26.1. The van der Waals surface area contributed by atoms with E-state index in [1.54, 1.807) is 79.3 Å². The molecule has 46 heavy (non-hydrogen) atoms. The Hall–Kier alpha value is -5.48. The Labute approximate surface area is 268 Å². The van der Waals surface area contributed by atoms with E-state index in [1.807, 2.05) is 30.3 Å². The molecule has 0 aliphatic carbocycles. The number of nitrogens with one attached hydrogen (secondary N) is 1. The van der Waals surface area contributed by atoms with Gasteiger partial charge in [0, 0.05) is 17.3 Å². The van der Waals surface area contributed by atoms with Gasteiger partial charge in [-0.3, -0.25) is 14.2 Å². The van der Waals surface area contributed by atoms with E-state index in [4.69, 9.17) is 19.2 Å². The number of aromatic nitrogens is 1. The summed E-state index contributed by atoms with van der Waals surface area (Å²) in [7, 11) is 3.09. The van der Waals surface area contributed by atoms with Gasteiger partial charge < -0.3 is 19.5 Å². The molecule has 1 aliphatic heterocycles. The molecule has 0 saturated heterocycles. The van der Waals surface area contributed by atoms with E-state index >= 15 is 0 Å². The van der Waals surface area contributed by atoms with Crippen molar-refractivity contribution in [2.75, 3.05) is 19.5 Å². The Bertz CT molecular complexity index is 2120. The van der Waals surface area contributed by atoms with Gasteiger partial charge in [-0.15, -0.1) is 0 Å². The van der Waals surface area contributed by atoms with Crippen LogP contribution in [0.2, 0.25) is 0 Å². The molecule has 0 radical (unpaired) electrons. The van der Waals surface area contributed by atoms with Crippen molar-refractivity contribution in [3.05, 3.63) is 151 Å². The van der Waals surface area contributed by atoms with Gasteiger partial charge in [-0.05, 0) is 72.7 Å². The number of amides is 1. The van der Waals surface area contributed by atoms with Gasteiger partial charge >= 0.3 is 0 Å². The Kier molecular flexibility index (Phi) is 8.80. The third kappa shape index (κ3) is 6.33. The number of para-hydroxylation sites is 1. The minimum atomic E-state index is -0.818. The Morgan fingerprint density at radius 3 is 2.43 bits per heavy atom. The fourth-order valence-electron chi connectivity index (χ4n) is 5.28. The number of thiazole rings is 1. The van der Waals surface area contributed by atoms with Crippen LogP contribution in [0.5, 0.6) is 17.2 Å². The molecule has 232 valence electrons. The molecule has 5 aromatic rings. The van der Waals surface area contributed by atoms with Gasteiger partial charge in [0.1, 0.15) is 35.7 Å². The monoisotopic (exact) mass is 635 g/mol. The second-order valence-corrected chi connectivity index (χ2v) is 11.5. The Balaban J connectivity index is 1.38. The molecule has 4 aromatic carbocycles. The average molecular weight is 636 g/mol. The number of allylic oxidation sites excluding steroid dienone is 1. The number of rotatable bonds is 9. The summed E-state index contributed by atoms with van der Waals surface area (Å²) in [6, 6.07) is 27.1. The number of benzene rings is 4. The van der Waals surface area contributed by atoms with Crippen molar-refractivity contribution in [2.45, 2.75) is 19.6 Å². The molecule has 1 aliphatic rings. The number of fused-ring (bicyclic) bond motifs is 1. The molecule has 0 saturated carbocycles. The number of halogens is 1. The first-order valence-electron chi connectivity index (χ1n) is 14.4. The summed E-state index contributed by atoms with van der Waals surface area (Å²) in [5, 5.41) is 2.95. The third-order valence-corrected chi connectivity index (χ3v) is 8.49. The molecule has 0 spiro atoms. The molecule has 1 N–H and O–H groups in total. The van der Waals surface area contributed by atoms with Crippen LogP contribution in [0.1, 0.15) is 29.7 Å². The van der Waals surface area contributed by atoms with Crippen molar-refractivity contribution < 1.29 is 23.4 Å². The highest BCUT2D eigenvalue weighted by atomic mass is 32.1. The largest absolute Gasteiger partial charge is 0.497 e. The number of methoxy groups -OCH3 is 2. The first kappa shape index (κ1) is 30.5. The predicted octanol–water partition coefficient (Wildman–Crippen LogP) is 5.61. The number of carbonyl (C=O) groups is 1. The van der Waals surface area contributed by atoms with Crippen molar-refractivity contribution in [1.82, 2.24) is 4.57 Å². The van der Waals surface area contributed by atoms with Crippen LogP contribution in [0.3, 0.4) is 0 Å². The molecule has 0 fully saturated rings. The second kappa shape index (κ2) is 13.3. The van der Waals surface area contributed by atoms with Gasteiger partial charge in [-0.25, -0.2) is 9.38 Å². The summed E-state index contributed by atoms with van der Waals surface area (Å²) in [5.41, 5.74) is 3.25. The lowest BCUT2D eigenvalue weighted by Gasteiger charge is -2.26. The maximum absolute atomic E-state index is 14.1. The van der Waals surface area contributed by atoms with Crippen LogP contribution in [0.15, 0.2) is 118 Å². The lowest BCUT2D eigenvalue weighted by Crippen LogP contribution is -2.40. The molecule has 1 atom stereocenters. The number of hydrogen-bond acceptors (Lipinski definition) is 7. The minimum absolute atomic E-state index is 0.226. The van der Waals surface area contributed by atoms with E-state index in [-0.39, 0.29) is 23.9 Å². The quantitative estimate of drug-likeness (QED) is 0.228. The van der Waals surface area contributed by atoms with Gasteiger partial charge in [-0.1, -0.05) is 53.8 Å². The molecule has 1 aromatic heterocycles. The van der Waals surface area contributed by atoms with Gasteiger partial charge in [0.15, 0.2) is 4.80 Å². The van der Waals surface area contributed by atoms with Crippen molar-refractivity contribution in [2.24, 2.45) is 4.99 Å². The van der Waals surface area contributed by atoms with E-state index < -0.39 is 6.04 Å². The van der Waals surface area contributed by atoms with Gasteiger partial charge in [0.05, 0.1) is 30.0 Å². The highest BCUT2D eigenvalue weighted by molar-refractivity contribution is 7.07. The molecule has 0 bridgehead atoms. The Morgan fingerprint density at radius 1 is 0.957 bits per heavy atom. The highest BCUT2D eigenvalue weighted by Gasteiger charge is 2.34. The molecule has 8 nitrogen and oxygen atoms in total. The van der Waals surface area contributed by atoms with E-state index in [2.05, 4.69) is 5.32 Å². The topological polar surface area (TPSA) is 91.2 Å². The molecule has 10 heteroatoms. The molecule has 1 amide bonds. The third-order valence-electron chi connectivity index (χ3n) is 7.51. The van der Waals surface area contributed by atoms with Crippen LogP contribution >= 0.6 is 11.3 Å². The summed E-state index contributed by atoms with van der Waals surface area (Å²) in [6.45, 7) is 1.99. The first-order valence-corrected chi connectivity index (χ1v) is 15.2. The number of anilines is 1. The van der Waals surface area contributed by atoms with E-state index in [1.165, 1.54) is 30.6 Å². The predicted molar refractivity (Wildman–Crippen MR) is 176 cm³/mol. The number of nitrogens with zero attached hydrogens (tertiary/aromatic N) is 2. The number of carbonyl (C=O) groups excluding carboxylic acids is 1. The van der Waals surface area contributed by atoms with E-state index in [0.717, 1.165) is 11.1 Å². The maximum Gasteiger partial charge on any atom is 0.271 e. The van der Waals surface area contributed by atoms with Crippen LogP contribution < -0.4 is 34.4 Å². The van der Waals surface area contributed by atoms with Crippen LogP contribution in [0.4, 0.5) is 10.1 Å². The van der Waals surface area contributed by atoms with E-state index in [0.29, 0.717) is 49.1 Å². The molecule has 0 unspecified atom stereocenters. The standard InChI is InChI=1S/C36H30FN3O5S/c1-22-32(34(41)39-26-10-5-4-6-11-26)33(29-17-16-28(43-2)20-30(29)44-3)40-35(42)31(46-36(40)38-22)19-23-12-14-27(15-13-23)45-21-24-8-7-9-25(37)18-24/h4-20,33H,21H2,1-3H3,(H,39,41)/b31-19-/t33-/m0/s1. The van der Waals surface area contributed by atoms with Gasteiger partial charge in [-0.2, -0.15) is 0 Å². The minimum Gasteiger partial charge on any atom is -0.497 e. The zero-order chi connectivity index (χ0) is 32.2. The molecule has 2 heterocycles. The lowest BCUT2D eigenvalue weighted by atomic mass is 9.94. The Morgan fingerprint density at radius 2 is 1.72 bits per heavy atom. The summed E-state index contributed by atoms with van der Waals surface area (Å²) in [6.07, 6.45) is 1.78. The second-order valence-electron chi connectivity index (χ2n) is 10.5. The van der Waals surface area contributed by atoms with Crippen molar-refractivity contribution >= 4 is 29.0 Å². The summed E-state index contributed by atoms with van der Waals surface area (Å²) in [5.74, 6) is 0.960. The SMILES string of the molecule is COc1ccc([C@H]2C(C(=O)Nc3ccccc3)=C(C)N=c3s/c(=C\c4ccc(OCc5cccc(F)c5)cc4)c(=O)n32)c(OC)c1. The average Bonchev–Trinajstić information content (AvgIpc) is 3.37. The van der Waals surface area contributed by atoms with Crippen molar-refractivity contribution in [3.63, 3.8) is 0 Å². The van der Waals surface area contributed by atoms with Crippen molar-refractivity contribution in [1.29, 1.82) is 0 Å². The van der Waals surface area contributed by atoms with Gasteiger partial charge in [0.25, 0.3) is 11.5 Å². The number of ether oxygens (including phenoxy) is 3.